The molecule has 114 valence electrons. The molecule has 0 amide bonds. The Morgan fingerprint density at radius 2 is 2.10 bits per heavy atom. The SMILES string of the molecule is CCOC(=O)c1ccc(C/C=C2\CCCCC2CO)cc1. The van der Waals surface area contributed by atoms with Gasteiger partial charge in [0.1, 0.15) is 0 Å². The van der Waals surface area contributed by atoms with Crippen LogP contribution in [0.15, 0.2) is 35.9 Å². The van der Waals surface area contributed by atoms with Crippen LogP contribution in [-0.2, 0) is 11.2 Å². The number of allylic oxidation sites excluding steroid dienone is 1. The summed E-state index contributed by atoms with van der Waals surface area (Å²) >= 11 is 0. The maximum Gasteiger partial charge on any atom is 0.338 e. The molecule has 1 saturated carbocycles. The maximum absolute atomic E-state index is 11.6. The second kappa shape index (κ2) is 7.99. The number of rotatable bonds is 5. The molecule has 1 aliphatic rings. The lowest BCUT2D eigenvalue weighted by molar-refractivity contribution is 0.0526. The summed E-state index contributed by atoms with van der Waals surface area (Å²) in [6.07, 6.45) is 7.76. The molecule has 0 spiro atoms. The summed E-state index contributed by atoms with van der Waals surface area (Å²) in [4.78, 5) is 11.6. The highest BCUT2D eigenvalue weighted by molar-refractivity contribution is 5.89. The van der Waals surface area contributed by atoms with Gasteiger partial charge in [-0.2, -0.15) is 0 Å². The summed E-state index contributed by atoms with van der Waals surface area (Å²) < 4.78 is 4.97. The molecule has 1 aliphatic carbocycles. The zero-order valence-electron chi connectivity index (χ0n) is 12.7. The normalized spacial score (nSPS) is 20.5. The van der Waals surface area contributed by atoms with E-state index in [9.17, 15) is 9.90 Å². The number of carbonyl (C=O) groups is 1. The number of benzene rings is 1. The lowest BCUT2D eigenvalue weighted by atomic mass is 9.84. The van der Waals surface area contributed by atoms with Gasteiger partial charge < -0.3 is 9.84 Å². The Labute approximate surface area is 126 Å². The minimum absolute atomic E-state index is 0.258. The molecule has 21 heavy (non-hydrogen) atoms. The van der Waals surface area contributed by atoms with Crippen molar-refractivity contribution in [1.82, 2.24) is 0 Å². The predicted molar refractivity (Wildman–Crippen MR) is 83.2 cm³/mol. The predicted octanol–water partition coefficient (Wildman–Crippen LogP) is 3.51. The Bertz CT molecular complexity index is 488. The number of esters is 1. The van der Waals surface area contributed by atoms with Gasteiger partial charge >= 0.3 is 5.97 Å². The zero-order chi connectivity index (χ0) is 15.1. The van der Waals surface area contributed by atoms with Crippen molar-refractivity contribution in [3.63, 3.8) is 0 Å². The minimum Gasteiger partial charge on any atom is -0.462 e. The average Bonchev–Trinajstić information content (AvgIpc) is 2.54. The van der Waals surface area contributed by atoms with Gasteiger partial charge in [-0.1, -0.05) is 30.2 Å². The van der Waals surface area contributed by atoms with E-state index in [0.29, 0.717) is 18.1 Å². The van der Waals surface area contributed by atoms with Crippen molar-refractivity contribution in [3.8, 4) is 0 Å². The lowest BCUT2D eigenvalue weighted by Crippen LogP contribution is -2.14. The molecule has 0 aromatic heterocycles. The number of carbonyl (C=O) groups excluding carboxylic acids is 1. The van der Waals surface area contributed by atoms with E-state index < -0.39 is 0 Å². The van der Waals surface area contributed by atoms with Crippen LogP contribution < -0.4 is 0 Å². The molecule has 1 unspecified atom stereocenters. The Morgan fingerprint density at radius 1 is 1.33 bits per heavy atom. The molecule has 2 rings (SSSR count). The number of ether oxygens (including phenoxy) is 1. The van der Waals surface area contributed by atoms with E-state index in [1.807, 2.05) is 24.3 Å². The van der Waals surface area contributed by atoms with E-state index in [2.05, 4.69) is 6.08 Å². The molecular weight excluding hydrogens is 264 g/mol. The van der Waals surface area contributed by atoms with Crippen molar-refractivity contribution in [2.24, 2.45) is 5.92 Å². The Hall–Kier alpha value is -1.61. The van der Waals surface area contributed by atoms with Crippen molar-refractivity contribution in [2.45, 2.75) is 39.0 Å². The van der Waals surface area contributed by atoms with E-state index in [-0.39, 0.29) is 12.6 Å². The maximum atomic E-state index is 11.6. The molecule has 3 heteroatoms. The number of hydrogen-bond acceptors (Lipinski definition) is 3. The summed E-state index contributed by atoms with van der Waals surface area (Å²) in [6, 6.07) is 7.58. The lowest BCUT2D eigenvalue weighted by Gasteiger charge is -2.23. The summed E-state index contributed by atoms with van der Waals surface area (Å²) in [7, 11) is 0. The van der Waals surface area contributed by atoms with Crippen molar-refractivity contribution in [2.75, 3.05) is 13.2 Å². The second-order valence-corrected chi connectivity index (χ2v) is 5.53. The Balaban J connectivity index is 1.98. The number of aliphatic hydroxyl groups excluding tert-OH is 1. The average molecular weight is 288 g/mol. The smallest absolute Gasteiger partial charge is 0.338 e. The van der Waals surface area contributed by atoms with Gasteiger partial charge in [-0.3, -0.25) is 0 Å². The van der Waals surface area contributed by atoms with Gasteiger partial charge in [0.2, 0.25) is 0 Å². The third-order valence-corrected chi connectivity index (χ3v) is 4.08. The number of aliphatic hydroxyl groups is 1. The molecule has 0 saturated heterocycles. The third-order valence-electron chi connectivity index (χ3n) is 4.08. The van der Waals surface area contributed by atoms with Crippen molar-refractivity contribution < 1.29 is 14.6 Å². The largest absolute Gasteiger partial charge is 0.462 e. The first-order valence-corrected chi connectivity index (χ1v) is 7.80. The fourth-order valence-corrected chi connectivity index (χ4v) is 2.83. The number of hydrogen-bond donors (Lipinski definition) is 1. The van der Waals surface area contributed by atoms with E-state index in [4.69, 9.17) is 4.74 Å². The highest BCUT2D eigenvalue weighted by Gasteiger charge is 2.17. The van der Waals surface area contributed by atoms with Crippen molar-refractivity contribution in [3.05, 3.63) is 47.0 Å². The topological polar surface area (TPSA) is 46.5 Å². The fourth-order valence-electron chi connectivity index (χ4n) is 2.83. The molecule has 3 nitrogen and oxygen atoms in total. The van der Waals surface area contributed by atoms with E-state index in [1.54, 1.807) is 6.92 Å². The monoisotopic (exact) mass is 288 g/mol. The standard InChI is InChI=1S/C18H24O3/c1-2-21-18(20)16-11-8-14(9-12-16)7-10-15-5-3-4-6-17(15)13-19/h8-12,17,19H,2-7,13H2,1H3/b15-10+. The molecule has 1 aromatic rings. The fraction of sp³-hybridized carbons (Fsp3) is 0.500. The summed E-state index contributed by atoms with van der Waals surface area (Å²) in [5, 5.41) is 9.41. The molecule has 1 aromatic carbocycles. The molecule has 1 atom stereocenters. The van der Waals surface area contributed by atoms with E-state index >= 15 is 0 Å². The van der Waals surface area contributed by atoms with Crippen LogP contribution in [-0.4, -0.2) is 24.3 Å². The van der Waals surface area contributed by atoms with Gasteiger partial charge in [0.15, 0.2) is 0 Å². The first-order valence-electron chi connectivity index (χ1n) is 7.80. The van der Waals surface area contributed by atoms with Crippen molar-refractivity contribution in [1.29, 1.82) is 0 Å². The summed E-state index contributed by atoms with van der Waals surface area (Å²) in [6.45, 7) is 2.46. The van der Waals surface area contributed by atoms with Crippen LogP contribution >= 0.6 is 0 Å². The van der Waals surface area contributed by atoms with E-state index in [0.717, 1.165) is 19.3 Å². The molecule has 1 N–H and O–H groups in total. The Morgan fingerprint density at radius 3 is 2.76 bits per heavy atom. The molecule has 1 fully saturated rings. The van der Waals surface area contributed by atoms with Crippen LogP contribution in [0.1, 0.15) is 48.5 Å². The van der Waals surface area contributed by atoms with Gasteiger partial charge in [-0.25, -0.2) is 4.79 Å². The molecule has 0 aliphatic heterocycles. The molecule has 0 radical (unpaired) electrons. The van der Waals surface area contributed by atoms with Gasteiger partial charge in [-0.15, -0.1) is 0 Å². The highest BCUT2D eigenvalue weighted by Crippen LogP contribution is 2.29. The quantitative estimate of drug-likeness (QED) is 0.666. The van der Waals surface area contributed by atoms with Gasteiger partial charge in [-0.05, 0) is 50.3 Å². The van der Waals surface area contributed by atoms with Crippen LogP contribution in [0.5, 0.6) is 0 Å². The van der Waals surface area contributed by atoms with Crippen LogP contribution in [0.3, 0.4) is 0 Å². The van der Waals surface area contributed by atoms with Crippen LogP contribution in [0, 0.1) is 5.92 Å². The van der Waals surface area contributed by atoms with Crippen LogP contribution in [0.25, 0.3) is 0 Å². The van der Waals surface area contributed by atoms with Gasteiger partial charge in [0.25, 0.3) is 0 Å². The van der Waals surface area contributed by atoms with Crippen molar-refractivity contribution >= 4 is 5.97 Å². The molecular formula is C18H24O3. The second-order valence-electron chi connectivity index (χ2n) is 5.53. The van der Waals surface area contributed by atoms with Gasteiger partial charge in [0.05, 0.1) is 12.2 Å². The molecule has 0 bridgehead atoms. The minimum atomic E-state index is -0.268. The van der Waals surface area contributed by atoms with Crippen LogP contribution in [0.4, 0.5) is 0 Å². The van der Waals surface area contributed by atoms with Crippen LogP contribution in [0.2, 0.25) is 0 Å². The highest BCUT2D eigenvalue weighted by atomic mass is 16.5. The third kappa shape index (κ3) is 4.43. The zero-order valence-corrected chi connectivity index (χ0v) is 12.7. The Kier molecular flexibility index (Phi) is 6.00. The van der Waals surface area contributed by atoms with E-state index in [1.165, 1.54) is 24.0 Å². The first-order chi connectivity index (χ1) is 10.2. The summed E-state index contributed by atoms with van der Waals surface area (Å²) in [5.74, 6) is 0.0765. The first kappa shape index (κ1) is 15.8. The van der Waals surface area contributed by atoms with Gasteiger partial charge in [0, 0.05) is 12.5 Å². The molecule has 0 heterocycles. The summed E-state index contributed by atoms with van der Waals surface area (Å²) in [5.41, 5.74) is 3.16.